The summed E-state index contributed by atoms with van der Waals surface area (Å²) in [5.41, 5.74) is 2.39. The Morgan fingerprint density at radius 3 is 2.29 bits per heavy atom. The SMILES string of the molecule is CC(C)c1ccc(OCc2ccc(C(=O)N3CCN(c4ccc(Cl)cc4)CC3)o2)cc1. The molecule has 2 heterocycles. The minimum Gasteiger partial charge on any atom is -0.486 e. The van der Waals surface area contributed by atoms with Gasteiger partial charge in [0.2, 0.25) is 0 Å². The van der Waals surface area contributed by atoms with Crippen LogP contribution in [-0.4, -0.2) is 37.0 Å². The fourth-order valence-corrected chi connectivity index (χ4v) is 3.78. The molecule has 1 amide bonds. The molecule has 162 valence electrons. The van der Waals surface area contributed by atoms with Crippen LogP contribution in [0.15, 0.2) is 65.1 Å². The highest BCUT2D eigenvalue weighted by molar-refractivity contribution is 6.30. The first-order valence-corrected chi connectivity index (χ1v) is 11.0. The zero-order chi connectivity index (χ0) is 21.8. The van der Waals surface area contributed by atoms with E-state index in [1.165, 1.54) is 5.56 Å². The van der Waals surface area contributed by atoms with E-state index in [0.29, 0.717) is 37.1 Å². The summed E-state index contributed by atoms with van der Waals surface area (Å²) in [6, 6.07) is 19.4. The Hall–Kier alpha value is -2.92. The Labute approximate surface area is 188 Å². The van der Waals surface area contributed by atoms with Crippen LogP contribution in [0.1, 0.15) is 41.6 Å². The highest BCUT2D eigenvalue weighted by atomic mass is 35.5. The number of halogens is 1. The number of carbonyl (C=O) groups excluding carboxylic acids is 1. The molecule has 5 nitrogen and oxygen atoms in total. The molecular weight excluding hydrogens is 412 g/mol. The highest BCUT2D eigenvalue weighted by Gasteiger charge is 2.24. The van der Waals surface area contributed by atoms with Gasteiger partial charge in [-0.3, -0.25) is 4.79 Å². The second-order valence-electron chi connectivity index (χ2n) is 8.03. The Kier molecular flexibility index (Phi) is 6.52. The molecular formula is C25H27ClN2O3. The Bertz CT molecular complexity index is 1000. The number of piperazine rings is 1. The van der Waals surface area contributed by atoms with Crippen LogP contribution in [0.4, 0.5) is 5.69 Å². The van der Waals surface area contributed by atoms with Gasteiger partial charge in [-0.15, -0.1) is 0 Å². The molecule has 0 aliphatic carbocycles. The van der Waals surface area contributed by atoms with Gasteiger partial charge in [0, 0.05) is 36.9 Å². The van der Waals surface area contributed by atoms with Gasteiger partial charge in [-0.1, -0.05) is 37.6 Å². The normalized spacial score (nSPS) is 14.2. The summed E-state index contributed by atoms with van der Waals surface area (Å²) in [5, 5.41) is 0.725. The Morgan fingerprint density at radius 1 is 0.968 bits per heavy atom. The third kappa shape index (κ3) is 5.23. The first-order valence-electron chi connectivity index (χ1n) is 10.6. The van der Waals surface area contributed by atoms with Gasteiger partial charge in [-0.2, -0.15) is 0 Å². The molecule has 1 aliphatic heterocycles. The maximum atomic E-state index is 12.8. The lowest BCUT2D eigenvalue weighted by atomic mass is 10.0. The fraction of sp³-hybridized carbons (Fsp3) is 0.320. The molecule has 2 aromatic carbocycles. The quantitative estimate of drug-likeness (QED) is 0.502. The zero-order valence-electron chi connectivity index (χ0n) is 17.9. The monoisotopic (exact) mass is 438 g/mol. The van der Waals surface area contributed by atoms with Crippen LogP contribution in [0, 0.1) is 0 Å². The number of carbonyl (C=O) groups is 1. The Morgan fingerprint density at radius 2 is 1.65 bits per heavy atom. The minimum absolute atomic E-state index is 0.0803. The van der Waals surface area contributed by atoms with Crippen molar-refractivity contribution in [3.63, 3.8) is 0 Å². The maximum Gasteiger partial charge on any atom is 0.289 e. The largest absolute Gasteiger partial charge is 0.486 e. The van der Waals surface area contributed by atoms with E-state index in [0.717, 1.165) is 29.5 Å². The lowest BCUT2D eigenvalue weighted by Gasteiger charge is -2.35. The van der Waals surface area contributed by atoms with E-state index in [1.54, 1.807) is 12.1 Å². The summed E-state index contributed by atoms with van der Waals surface area (Å²) >= 11 is 5.97. The fourth-order valence-electron chi connectivity index (χ4n) is 3.65. The molecule has 0 spiro atoms. The van der Waals surface area contributed by atoms with E-state index in [-0.39, 0.29) is 5.91 Å². The molecule has 0 bridgehead atoms. The van der Waals surface area contributed by atoms with Gasteiger partial charge >= 0.3 is 0 Å². The first kappa shape index (κ1) is 21.3. The summed E-state index contributed by atoms with van der Waals surface area (Å²) in [4.78, 5) is 16.9. The van der Waals surface area contributed by atoms with Crippen LogP contribution >= 0.6 is 11.6 Å². The van der Waals surface area contributed by atoms with Crippen molar-refractivity contribution in [3.8, 4) is 5.75 Å². The molecule has 0 unspecified atom stereocenters. The molecule has 3 aromatic rings. The van der Waals surface area contributed by atoms with Gasteiger partial charge in [0.05, 0.1) is 0 Å². The van der Waals surface area contributed by atoms with Gasteiger partial charge in [0.25, 0.3) is 5.91 Å². The molecule has 0 saturated carbocycles. The van der Waals surface area contributed by atoms with Crippen LogP contribution < -0.4 is 9.64 Å². The molecule has 6 heteroatoms. The molecule has 1 aromatic heterocycles. The Balaban J connectivity index is 1.29. The zero-order valence-corrected chi connectivity index (χ0v) is 18.6. The van der Waals surface area contributed by atoms with Crippen LogP contribution in [-0.2, 0) is 6.61 Å². The number of ether oxygens (including phenoxy) is 1. The predicted molar refractivity (Wildman–Crippen MR) is 123 cm³/mol. The lowest BCUT2D eigenvalue weighted by Crippen LogP contribution is -2.48. The van der Waals surface area contributed by atoms with Gasteiger partial charge < -0.3 is 19.0 Å². The number of hydrogen-bond donors (Lipinski definition) is 0. The number of amides is 1. The molecule has 0 radical (unpaired) electrons. The molecule has 1 fully saturated rings. The van der Waals surface area contributed by atoms with E-state index < -0.39 is 0 Å². The topological polar surface area (TPSA) is 45.9 Å². The third-order valence-corrected chi connectivity index (χ3v) is 5.81. The predicted octanol–water partition coefficient (Wildman–Crippen LogP) is 5.60. The van der Waals surface area contributed by atoms with E-state index in [4.69, 9.17) is 20.8 Å². The van der Waals surface area contributed by atoms with Crippen molar-refractivity contribution in [1.29, 1.82) is 0 Å². The summed E-state index contributed by atoms with van der Waals surface area (Å²) in [6.45, 7) is 7.46. The molecule has 1 aliphatic rings. The average molecular weight is 439 g/mol. The van der Waals surface area contributed by atoms with E-state index in [9.17, 15) is 4.79 Å². The van der Waals surface area contributed by atoms with Crippen molar-refractivity contribution in [2.45, 2.75) is 26.4 Å². The summed E-state index contributed by atoms with van der Waals surface area (Å²) in [7, 11) is 0. The molecule has 0 N–H and O–H groups in total. The van der Waals surface area contributed by atoms with Crippen LogP contribution in [0.3, 0.4) is 0 Å². The van der Waals surface area contributed by atoms with E-state index in [2.05, 4.69) is 30.9 Å². The number of furan rings is 1. The van der Waals surface area contributed by atoms with Crippen molar-refractivity contribution in [3.05, 3.63) is 82.8 Å². The second kappa shape index (κ2) is 9.48. The lowest BCUT2D eigenvalue weighted by molar-refractivity contribution is 0.0710. The first-order chi connectivity index (χ1) is 15.0. The van der Waals surface area contributed by atoms with Crippen molar-refractivity contribution < 1.29 is 13.9 Å². The number of nitrogens with zero attached hydrogens (tertiary/aromatic N) is 2. The number of anilines is 1. The van der Waals surface area contributed by atoms with Crippen LogP contribution in [0.25, 0.3) is 0 Å². The second-order valence-corrected chi connectivity index (χ2v) is 8.47. The van der Waals surface area contributed by atoms with E-state index >= 15 is 0 Å². The standard InChI is InChI=1S/C25H27ClN2O3/c1-18(2)19-3-9-22(10-4-19)30-17-23-11-12-24(31-23)25(29)28-15-13-27(14-16-28)21-7-5-20(26)6-8-21/h3-12,18H,13-17H2,1-2H3. The van der Waals surface area contributed by atoms with Crippen molar-refractivity contribution in [2.24, 2.45) is 0 Å². The average Bonchev–Trinajstić information content (AvgIpc) is 3.27. The summed E-state index contributed by atoms with van der Waals surface area (Å²) < 4.78 is 11.6. The van der Waals surface area contributed by atoms with Gasteiger partial charge in [0.15, 0.2) is 5.76 Å². The smallest absolute Gasteiger partial charge is 0.289 e. The van der Waals surface area contributed by atoms with E-state index in [1.807, 2.05) is 41.3 Å². The van der Waals surface area contributed by atoms with Gasteiger partial charge in [-0.05, 0) is 60.0 Å². The highest BCUT2D eigenvalue weighted by Crippen LogP contribution is 2.22. The third-order valence-electron chi connectivity index (χ3n) is 5.56. The molecule has 4 rings (SSSR count). The molecule has 0 atom stereocenters. The number of benzene rings is 2. The van der Waals surface area contributed by atoms with Crippen LogP contribution in [0.2, 0.25) is 5.02 Å². The maximum absolute atomic E-state index is 12.8. The van der Waals surface area contributed by atoms with Crippen LogP contribution in [0.5, 0.6) is 5.75 Å². The minimum atomic E-state index is -0.0803. The molecule has 1 saturated heterocycles. The molecule has 31 heavy (non-hydrogen) atoms. The number of hydrogen-bond acceptors (Lipinski definition) is 4. The van der Waals surface area contributed by atoms with Gasteiger partial charge in [0.1, 0.15) is 18.1 Å². The van der Waals surface area contributed by atoms with Gasteiger partial charge in [-0.25, -0.2) is 0 Å². The summed E-state index contributed by atoms with van der Waals surface area (Å²) in [5.74, 6) is 2.18. The van der Waals surface area contributed by atoms with Crippen molar-refractivity contribution in [2.75, 3.05) is 31.1 Å². The number of rotatable bonds is 6. The summed E-state index contributed by atoms with van der Waals surface area (Å²) in [6.07, 6.45) is 0. The van der Waals surface area contributed by atoms with Crippen molar-refractivity contribution in [1.82, 2.24) is 4.90 Å². The van der Waals surface area contributed by atoms with Crippen molar-refractivity contribution >= 4 is 23.2 Å².